The van der Waals surface area contributed by atoms with Gasteiger partial charge in [0.2, 0.25) is 0 Å². The van der Waals surface area contributed by atoms with Crippen molar-refractivity contribution in [1.29, 1.82) is 0 Å². The molecule has 108 valence electrons. The zero-order valence-corrected chi connectivity index (χ0v) is 12.3. The molecule has 0 bridgehead atoms. The molecule has 5 nitrogen and oxygen atoms in total. The van der Waals surface area contributed by atoms with Crippen LogP contribution in [0.1, 0.15) is 23.2 Å². The average Bonchev–Trinajstić information content (AvgIpc) is 2.86. The summed E-state index contributed by atoms with van der Waals surface area (Å²) in [6.07, 6.45) is 1.89. The summed E-state index contributed by atoms with van der Waals surface area (Å²) in [6, 6.07) is 2.99. The number of rotatable bonds is 4. The summed E-state index contributed by atoms with van der Waals surface area (Å²) >= 11 is 3.37. The Morgan fingerprint density at radius 1 is 1.50 bits per heavy atom. The van der Waals surface area contributed by atoms with Gasteiger partial charge in [-0.05, 0) is 24.8 Å². The third kappa shape index (κ3) is 3.33. The van der Waals surface area contributed by atoms with Crippen LogP contribution in [0.25, 0.3) is 0 Å². The second-order valence-electron chi connectivity index (χ2n) is 4.84. The summed E-state index contributed by atoms with van der Waals surface area (Å²) in [5.74, 6) is -0.676. The van der Waals surface area contributed by atoms with E-state index in [0.29, 0.717) is 19.0 Å². The van der Waals surface area contributed by atoms with Crippen molar-refractivity contribution in [1.82, 2.24) is 4.90 Å². The lowest BCUT2D eigenvalue weighted by molar-refractivity contribution is -0.385. The van der Waals surface area contributed by atoms with Crippen LogP contribution in [0.3, 0.4) is 0 Å². The number of non-ortho nitro benzene ring substituents is 1. The molecule has 0 aliphatic carbocycles. The molecule has 7 heteroatoms. The maximum atomic E-state index is 13.4. The largest absolute Gasteiger partial charge is 0.338 e. The number of hydrogen-bond acceptors (Lipinski definition) is 3. The molecule has 1 heterocycles. The third-order valence-corrected chi connectivity index (χ3v) is 3.89. The van der Waals surface area contributed by atoms with Crippen LogP contribution in [0.5, 0.6) is 0 Å². The molecule has 1 aromatic rings. The number of likely N-dealkylation sites (tertiary alicyclic amines) is 1. The van der Waals surface area contributed by atoms with Gasteiger partial charge in [0.1, 0.15) is 5.82 Å². The first-order chi connectivity index (χ1) is 9.51. The molecular formula is C13H14BrFN2O3. The Morgan fingerprint density at radius 2 is 2.25 bits per heavy atom. The van der Waals surface area contributed by atoms with Crippen molar-refractivity contribution in [3.63, 3.8) is 0 Å². The highest BCUT2D eigenvalue weighted by Crippen LogP contribution is 2.24. The Bertz CT molecular complexity index is 538. The van der Waals surface area contributed by atoms with Gasteiger partial charge in [-0.3, -0.25) is 14.9 Å². The molecule has 0 aromatic heterocycles. The average molecular weight is 345 g/mol. The highest BCUT2D eigenvalue weighted by molar-refractivity contribution is 9.09. The smallest absolute Gasteiger partial charge is 0.273 e. The summed E-state index contributed by atoms with van der Waals surface area (Å²) in [5.41, 5.74) is -0.360. The first-order valence-electron chi connectivity index (χ1n) is 6.31. The lowest BCUT2D eigenvalue weighted by Gasteiger charge is -2.16. The summed E-state index contributed by atoms with van der Waals surface area (Å²) in [6.45, 7) is 1.23. The molecule has 20 heavy (non-hydrogen) atoms. The van der Waals surface area contributed by atoms with Crippen molar-refractivity contribution in [2.45, 2.75) is 12.8 Å². The van der Waals surface area contributed by atoms with Gasteiger partial charge in [0.15, 0.2) is 0 Å². The molecule has 1 saturated heterocycles. The zero-order chi connectivity index (χ0) is 14.7. The predicted octanol–water partition coefficient (Wildman–Crippen LogP) is 2.98. The summed E-state index contributed by atoms with van der Waals surface area (Å²) in [7, 11) is 0. The maximum absolute atomic E-state index is 13.4. The van der Waals surface area contributed by atoms with Crippen LogP contribution in [-0.4, -0.2) is 34.2 Å². The number of nitro benzene ring substituents is 1. The van der Waals surface area contributed by atoms with Crippen molar-refractivity contribution in [3.05, 3.63) is 39.7 Å². The minimum absolute atomic E-state index is 0.0381. The molecule has 0 N–H and O–H groups in total. The van der Waals surface area contributed by atoms with E-state index < -0.39 is 16.4 Å². The fourth-order valence-corrected chi connectivity index (χ4v) is 3.04. The standard InChI is InChI=1S/C13H14BrFN2O3/c14-3-1-9-2-4-16(8-9)13(18)10-5-11(15)7-12(6-10)17(19)20/h5-7,9H,1-4,8H2. The molecule has 1 unspecified atom stereocenters. The summed E-state index contributed by atoms with van der Waals surface area (Å²) in [4.78, 5) is 23.9. The molecule has 1 atom stereocenters. The molecule has 1 fully saturated rings. The van der Waals surface area contributed by atoms with E-state index in [1.165, 1.54) is 0 Å². The van der Waals surface area contributed by atoms with Gasteiger partial charge < -0.3 is 4.90 Å². The van der Waals surface area contributed by atoms with Gasteiger partial charge in [-0.1, -0.05) is 15.9 Å². The molecule has 1 amide bonds. The molecule has 1 aliphatic heterocycles. The molecule has 0 radical (unpaired) electrons. The molecule has 0 spiro atoms. The Labute approximate surface area is 124 Å². The fraction of sp³-hybridized carbons (Fsp3) is 0.462. The normalized spacial score (nSPS) is 18.3. The van der Waals surface area contributed by atoms with E-state index in [1.807, 2.05) is 0 Å². The van der Waals surface area contributed by atoms with Gasteiger partial charge in [-0.2, -0.15) is 0 Å². The van der Waals surface area contributed by atoms with E-state index in [1.54, 1.807) is 4.90 Å². The molecule has 0 saturated carbocycles. The van der Waals surface area contributed by atoms with Crippen LogP contribution in [0.15, 0.2) is 18.2 Å². The lowest BCUT2D eigenvalue weighted by Crippen LogP contribution is -2.28. The van der Waals surface area contributed by atoms with Crippen LogP contribution in [0, 0.1) is 21.8 Å². The van der Waals surface area contributed by atoms with Crippen molar-refractivity contribution < 1.29 is 14.1 Å². The molecule has 2 rings (SSSR count). The Balaban J connectivity index is 2.15. The highest BCUT2D eigenvalue weighted by atomic mass is 79.9. The van der Waals surface area contributed by atoms with Crippen molar-refractivity contribution in [2.75, 3.05) is 18.4 Å². The first-order valence-corrected chi connectivity index (χ1v) is 7.43. The second-order valence-corrected chi connectivity index (χ2v) is 5.63. The van der Waals surface area contributed by atoms with Gasteiger partial charge in [0, 0.05) is 30.0 Å². The van der Waals surface area contributed by atoms with Crippen LogP contribution >= 0.6 is 15.9 Å². The topological polar surface area (TPSA) is 63.4 Å². The minimum atomic E-state index is -0.765. The number of hydrogen-bond donors (Lipinski definition) is 0. The number of amides is 1. The number of halogens is 2. The fourth-order valence-electron chi connectivity index (χ4n) is 2.39. The number of nitro groups is 1. The SMILES string of the molecule is O=C(c1cc(F)cc([N+](=O)[O-])c1)N1CCC(CCBr)C1. The van der Waals surface area contributed by atoms with Crippen LogP contribution in [0.4, 0.5) is 10.1 Å². The van der Waals surface area contributed by atoms with Gasteiger partial charge in [0.25, 0.3) is 11.6 Å². The van der Waals surface area contributed by atoms with Crippen molar-refractivity contribution in [2.24, 2.45) is 5.92 Å². The van der Waals surface area contributed by atoms with Crippen LogP contribution in [-0.2, 0) is 0 Å². The summed E-state index contributed by atoms with van der Waals surface area (Å²) in [5, 5.41) is 11.6. The number of alkyl halides is 1. The molecular weight excluding hydrogens is 331 g/mol. The number of benzene rings is 1. The molecule has 1 aliphatic rings. The van der Waals surface area contributed by atoms with Crippen molar-refractivity contribution in [3.8, 4) is 0 Å². The van der Waals surface area contributed by atoms with Gasteiger partial charge in [0.05, 0.1) is 11.0 Å². The monoisotopic (exact) mass is 344 g/mol. The number of carbonyl (C=O) groups excluding carboxylic acids is 1. The Kier molecular flexibility index (Phi) is 4.69. The Morgan fingerprint density at radius 3 is 2.90 bits per heavy atom. The van der Waals surface area contributed by atoms with E-state index in [9.17, 15) is 19.3 Å². The van der Waals surface area contributed by atoms with Crippen molar-refractivity contribution >= 4 is 27.5 Å². The zero-order valence-electron chi connectivity index (χ0n) is 10.7. The van der Waals surface area contributed by atoms with E-state index in [2.05, 4.69) is 15.9 Å². The maximum Gasteiger partial charge on any atom is 0.273 e. The highest BCUT2D eigenvalue weighted by Gasteiger charge is 2.27. The van der Waals surface area contributed by atoms with E-state index >= 15 is 0 Å². The van der Waals surface area contributed by atoms with Crippen LogP contribution < -0.4 is 0 Å². The lowest BCUT2D eigenvalue weighted by atomic mass is 10.1. The predicted molar refractivity (Wildman–Crippen MR) is 75.5 cm³/mol. The Hall–Kier alpha value is -1.50. The van der Waals surface area contributed by atoms with E-state index in [4.69, 9.17) is 0 Å². The first kappa shape index (κ1) is 14.9. The van der Waals surface area contributed by atoms with E-state index in [0.717, 1.165) is 36.4 Å². The van der Waals surface area contributed by atoms with Gasteiger partial charge in [-0.25, -0.2) is 4.39 Å². The van der Waals surface area contributed by atoms with E-state index in [-0.39, 0.29) is 11.5 Å². The summed E-state index contributed by atoms with van der Waals surface area (Å²) < 4.78 is 13.4. The quantitative estimate of drug-likeness (QED) is 0.479. The third-order valence-electron chi connectivity index (χ3n) is 3.43. The minimum Gasteiger partial charge on any atom is -0.338 e. The molecule has 1 aromatic carbocycles. The number of carbonyl (C=O) groups is 1. The van der Waals surface area contributed by atoms with Crippen LogP contribution in [0.2, 0.25) is 0 Å². The number of nitrogens with zero attached hydrogens (tertiary/aromatic N) is 2. The van der Waals surface area contributed by atoms with Gasteiger partial charge in [-0.15, -0.1) is 0 Å². The van der Waals surface area contributed by atoms with Gasteiger partial charge >= 0.3 is 0 Å². The second kappa shape index (κ2) is 6.30.